The van der Waals surface area contributed by atoms with Gasteiger partial charge in [-0.15, -0.1) is 0 Å². The molecule has 4 nitrogen and oxygen atoms in total. The number of pyridine rings is 1. The number of amides is 1. The number of nitrogens with zero attached hydrogens (tertiary/aromatic N) is 2. The molecule has 0 aromatic carbocycles. The first-order valence-corrected chi connectivity index (χ1v) is 7.26. The van der Waals surface area contributed by atoms with E-state index >= 15 is 0 Å². The predicted molar refractivity (Wildman–Crippen MR) is 75.3 cm³/mol. The molecule has 5 heteroatoms. The molecule has 1 amide bonds. The Bertz CT molecular complexity index is 468. The smallest absolute Gasteiger partial charge is 0.223 e. The normalized spacial score (nSPS) is 20.4. The minimum atomic E-state index is 0.164. The summed E-state index contributed by atoms with van der Waals surface area (Å²) in [4.78, 5) is 18.2. The Morgan fingerprint density at radius 3 is 2.68 bits per heavy atom. The Hall–Kier alpha value is -1.29. The molecule has 3 rings (SSSR count). The van der Waals surface area contributed by atoms with Crippen molar-refractivity contribution in [3.8, 4) is 0 Å². The highest BCUT2D eigenvalue weighted by Gasteiger charge is 2.30. The SMILES string of the molecule is O=C(NC1CC1)C1CCN(c2ccncc2Cl)CC1. The van der Waals surface area contributed by atoms with Crippen LogP contribution >= 0.6 is 11.6 Å². The highest BCUT2D eigenvalue weighted by atomic mass is 35.5. The fourth-order valence-electron chi connectivity index (χ4n) is 2.55. The number of halogens is 1. The lowest BCUT2D eigenvalue weighted by Gasteiger charge is -2.33. The number of hydrogen-bond donors (Lipinski definition) is 1. The van der Waals surface area contributed by atoms with E-state index in [2.05, 4.69) is 15.2 Å². The number of carbonyl (C=O) groups excluding carboxylic acids is 1. The second-order valence-electron chi connectivity index (χ2n) is 5.37. The molecular weight excluding hydrogens is 262 g/mol. The van der Waals surface area contributed by atoms with Crippen molar-refractivity contribution in [2.24, 2.45) is 5.92 Å². The van der Waals surface area contributed by atoms with Crippen LogP contribution in [0.5, 0.6) is 0 Å². The third-order valence-corrected chi connectivity index (χ3v) is 4.17. The summed E-state index contributed by atoms with van der Waals surface area (Å²) >= 11 is 6.15. The number of anilines is 1. The first kappa shape index (κ1) is 12.7. The number of rotatable bonds is 3. The predicted octanol–water partition coefficient (Wildman–Crippen LogP) is 2.23. The van der Waals surface area contributed by atoms with Crippen LogP contribution in [0.4, 0.5) is 5.69 Å². The number of piperidine rings is 1. The molecule has 1 N–H and O–H groups in total. The van der Waals surface area contributed by atoms with Crippen molar-refractivity contribution in [1.82, 2.24) is 10.3 Å². The van der Waals surface area contributed by atoms with Gasteiger partial charge in [0.2, 0.25) is 5.91 Å². The average molecular weight is 280 g/mol. The highest BCUT2D eigenvalue weighted by molar-refractivity contribution is 6.33. The van der Waals surface area contributed by atoms with E-state index in [1.54, 1.807) is 12.4 Å². The first-order chi connectivity index (χ1) is 9.24. The lowest BCUT2D eigenvalue weighted by atomic mass is 9.95. The number of nitrogens with one attached hydrogen (secondary N) is 1. The second kappa shape index (κ2) is 5.37. The second-order valence-corrected chi connectivity index (χ2v) is 5.78. The van der Waals surface area contributed by atoms with Crippen LogP contribution in [0.25, 0.3) is 0 Å². The van der Waals surface area contributed by atoms with E-state index in [9.17, 15) is 4.79 Å². The summed E-state index contributed by atoms with van der Waals surface area (Å²) in [6, 6.07) is 2.40. The molecule has 2 fully saturated rings. The van der Waals surface area contributed by atoms with Crippen molar-refractivity contribution in [3.05, 3.63) is 23.5 Å². The van der Waals surface area contributed by atoms with Crippen molar-refractivity contribution in [2.45, 2.75) is 31.7 Å². The van der Waals surface area contributed by atoms with E-state index in [-0.39, 0.29) is 11.8 Å². The van der Waals surface area contributed by atoms with E-state index < -0.39 is 0 Å². The standard InChI is InChI=1S/C14H18ClN3O/c15-12-9-16-6-3-13(12)18-7-4-10(5-8-18)14(19)17-11-1-2-11/h3,6,9-11H,1-2,4-5,7-8H2,(H,17,19). The Balaban J connectivity index is 1.57. The molecule has 0 bridgehead atoms. The Morgan fingerprint density at radius 1 is 1.32 bits per heavy atom. The number of hydrogen-bond acceptors (Lipinski definition) is 3. The van der Waals surface area contributed by atoms with Gasteiger partial charge in [-0.25, -0.2) is 0 Å². The van der Waals surface area contributed by atoms with Gasteiger partial charge in [0.05, 0.1) is 10.7 Å². The molecule has 2 aliphatic rings. The van der Waals surface area contributed by atoms with Crippen LogP contribution in [0.15, 0.2) is 18.5 Å². The van der Waals surface area contributed by atoms with Crippen LogP contribution in [-0.2, 0) is 4.79 Å². The molecule has 19 heavy (non-hydrogen) atoms. The van der Waals surface area contributed by atoms with Crippen LogP contribution in [0.2, 0.25) is 5.02 Å². The highest BCUT2D eigenvalue weighted by Crippen LogP contribution is 2.29. The van der Waals surface area contributed by atoms with Crippen LogP contribution in [0.3, 0.4) is 0 Å². The monoisotopic (exact) mass is 279 g/mol. The van der Waals surface area contributed by atoms with Gasteiger partial charge in [0.1, 0.15) is 0 Å². The molecule has 102 valence electrons. The van der Waals surface area contributed by atoms with Gasteiger partial charge in [0, 0.05) is 37.4 Å². The Kier molecular flexibility index (Phi) is 3.60. The van der Waals surface area contributed by atoms with Crippen molar-refractivity contribution in [3.63, 3.8) is 0 Å². The molecule has 0 atom stereocenters. The van der Waals surface area contributed by atoms with Gasteiger partial charge < -0.3 is 10.2 Å². The Labute approximate surface area is 118 Å². The molecule has 0 radical (unpaired) electrons. The van der Waals surface area contributed by atoms with Gasteiger partial charge >= 0.3 is 0 Å². The molecule has 2 heterocycles. The summed E-state index contributed by atoms with van der Waals surface area (Å²) in [6.07, 6.45) is 7.53. The molecule has 1 aliphatic heterocycles. The summed E-state index contributed by atoms with van der Waals surface area (Å²) < 4.78 is 0. The minimum absolute atomic E-state index is 0.164. The molecule has 0 unspecified atom stereocenters. The molecular formula is C14H18ClN3O. The maximum atomic E-state index is 12.0. The van der Waals surface area contributed by atoms with E-state index in [1.165, 1.54) is 0 Å². The van der Waals surface area contributed by atoms with Crippen molar-refractivity contribution in [1.29, 1.82) is 0 Å². The fraction of sp³-hybridized carbons (Fsp3) is 0.571. The van der Waals surface area contributed by atoms with Crippen molar-refractivity contribution >= 4 is 23.2 Å². The molecule has 0 spiro atoms. The van der Waals surface area contributed by atoms with E-state index in [0.29, 0.717) is 11.1 Å². The molecule has 1 aromatic rings. The van der Waals surface area contributed by atoms with E-state index in [4.69, 9.17) is 11.6 Å². The summed E-state index contributed by atoms with van der Waals surface area (Å²) in [6.45, 7) is 1.76. The third-order valence-electron chi connectivity index (χ3n) is 3.88. The maximum absolute atomic E-state index is 12.0. The molecule has 1 aromatic heterocycles. The molecule has 1 saturated carbocycles. The molecule has 1 aliphatic carbocycles. The van der Waals surface area contributed by atoms with Gasteiger partial charge in [-0.2, -0.15) is 0 Å². The van der Waals surface area contributed by atoms with Gasteiger partial charge in [0.15, 0.2) is 0 Å². The van der Waals surface area contributed by atoms with Crippen LogP contribution < -0.4 is 10.2 Å². The number of carbonyl (C=O) groups is 1. The lowest BCUT2D eigenvalue weighted by molar-refractivity contribution is -0.125. The topological polar surface area (TPSA) is 45.2 Å². The lowest BCUT2D eigenvalue weighted by Crippen LogP contribution is -2.41. The third kappa shape index (κ3) is 3.00. The summed E-state index contributed by atoms with van der Waals surface area (Å²) in [7, 11) is 0. The Morgan fingerprint density at radius 2 is 2.05 bits per heavy atom. The summed E-state index contributed by atoms with van der Waals surface area (Å²) in [5.41, 5.74) is 1.03. The zero-order chi connectivity index (χ0) is 13.2. The first-order valence-electron chi connectivity index (χ1n) is 6.89. The molecule has 1 saturated heterocycles. The van der Waals surface area contributed by atoms with E-state index in [0.717, 1.165) is 44.5 Å². The van der Waals surface area contributed by atoms with E-state index in [1.807, 2.05) is 6.07 Å². The van der Waals surface area contributed by atoms with Gasteiger partial charge in [0.25, 0.3) is 0 Å². The maximum Gasteiger partial charge on any atom is 0.223 e. The quantitative estimate of drug-likeness (QED) is 0.923. The van der Waals surface area contributed by atoms with Crippen molar-refractivity contribution in [2.75, 3.05) is 18.0 Å². The summed E-state index contributed by atoms with van der Waals surface area (Å²) in [5.74, 6) is 0.403. The summed E-state index contributed by atoms with van der Waals surface area (Å²) in [5, 5.41) is 3.78. The largest absolute Gasteiger partial charge is 0.370 e. The average Bonchev–Trinajstić information content (AvgIpc) is 3.23. The zero-order valence-corrected chi connectivity index (χ0v) is 11.6. The van der Waals surface area contributed by atoms with Crippen molar-refractivity contribution < 1.29 is 4.79 Å². The minimum Gasteiger partial charge on any atom is -0.370 e. The van der Waals surface area contributed by atoms with Crippen LogP contribution in [-0.4, -0.2) is 30.0 Å². The number of aromatic nitrogens is 1. The zero-order valence-electron chi connectivity index (χ0n) is 10.8. The van der Waals surface area contributed by atoms with Crippen LogP contribution in [0.1, 0.15) is 25.7 Å². The van der Waals surface area contributed by atoms with Gasteiger partial charge in [-0.3, -0.25) is 9.78 Å². The van der Waals surface area contributed by atoms with Crippen LogP contribution in [0, 0.1) is 5.92 Å². The van der Waals surface area contributed by atoms with Gasteiger partial charge in [-0.05, 0) is 31.7 Å². The van der Waals surface area contributed by atoms with Gasteiger partial charge in [-0.1, -0.05) is 11.6 Å². The fourth-order valence-corrected chi connectivity index (χ4v) is 2.79.